The van der Waals surface area contributed by atoms with E-state index in [-0.39, 0.29) is 30.5 Å². The normalized spacial score (nSPS) is 16.1. The van der Waals surface area contributed by atoms with E-state index >= 15 is 0 Å². The summed E-state index contributed by atoms with van der Waals surface area (Å²) in [6.45, 7) is 0.288. The molecule has 25 heavy (non-hydrogen) atoms. The number of amides is 2. The van der Waals surface area contributed by atoms with Crippen LogP contribution in [0.3, 0.4) is 0 Å². The van der Waals surface area contributed by atoms with Crippen LogP contribution >= 0.6 is 23.4 Å². The molecule has 1 unspecified atom stereocenters. The molecule has 1 aliphatic heterocycles. The van der Waals surface area contributed by atoms with Crippen LogP contribution < -0.4 is 5.32 Å². The predicted molar refractivity (Wildman–Crippen MR) is 98.9 cm³/mol. The van der Waals surface area contributed by atoms with E-state index in [1.54, 1.807) is 43.4 Å². The highest BCUT2D eigenvalue weighted by Gasteiger charge is 2.30. The van der Waals surface area contributed by atoms with Gasteiger partial charge >= 0.3 is 0 Å². The van der Waals surface area contributed by atoms with Crippen molar-refractivity contribution in [3.8, 4) is 5.75 Å². The molecule has 1 heterocycles. The summed E-state index contributed by atoms with van der Waals surface area (Å²) in [6, 6.07) is 12.2. The van der Waals surface area contributed by atoms with Gasteiger partial charge in [-0.05, 0) is 24.3 Å². The second-order valence-corrected chi connectivity index (χ2v) is 7.50. The third kappa shape index (κ3) is 4.08. The van der Waals surface area contributed by atoms with Gasteiger partial charge in [0, 0.05) is 35.5 Å². The molecule has 0 spiro atoms. The monoisotopic (exact) mass is 376 g/mol. The minimum Gasteiger partial charge on any atom is -0.508 e. The van der Waals surface area contributed by atoms with Gasteiger partial charge in [0.05, 0.1) is 10.9 Å². The topological polar surface area (TPSA) is 69.6 Å². The molecule has 1 atom stereocenters. The van der Waals surface area contributed by atoms with E-state index in [1.165, 1.54) is 16.7 Å². The number of fused-ring (bicyclic) bond motifs is 1. The van der Waals surface area contributed by atoms with Crippen LogP contribution in [0.1, 0.15) is 12.0 Å². The lowest BCUT2D eigenvalue weighted by molar-refractivity contribution is -0.131. The number of phenolic OH excluding ortho intramolecular Hbond substituents is 1. The van der Waals surface area contributed by atoms with E-state index in [0.717, 1.165) is 4.90 Å². The molecule has 0 radical (unpaired) electrons. The summed E-state index contributed by atoms with van der Waals surface area (Å²) in [5, 5.41) is 12.7. The molecular formula is C18H17ClN2O3S. The first-order valence-electron chi connectivity index (χ1n) is 7.72. The maximum absolute atomic E-state index is 12.5. The molecule has 2 aromatic rings. The molecule has 0 fully saturated rings. The number of carbonyl (C=O) groups excluding carboxylic acids is 2. The Morgan fingerprint density at radius 3 is 2.84 bits per heavy atom. The Bertz CT molecular complexity index is 828. The van der Waals surface area contributed by atoms with Crippen LogP contribution in [0.2, 0.25) is 5.02 Å². The summed E-state index contributed by atoms with van der Waals surface area (Å²) < 4.78 is 0. The van der Waals surface area contributed by atoms with Crippen molar-refractivity contribution in [3.05, 3.63) is 53.1 Å². The fourth-order valence-electron chi connectivity index (χ4n) is 2.56. The molecule has 3 rings (SSSR count). The number of aromatic hydroxyl groups is 1. The van der Waals surface area contributed by atoms with Crippen LogP contribution in [0.25, 0.3) is 0 Å². The van der Waals surface area contributed by atoms with Crippen molar-refractivity contribution in [1.29, 1.82) is 0 Å². The number of hydrogen-bond donors (Lipinski definition) is 2. The Labute approximate surface area is 155 Å². The second kappa shape index (κ2) is 7.37. The van der Waals surface area contributed by atoms with Crippen molar-refractivity contribution in [3.63, 3.8) is 0 Å². The lowest BCUT2D eigenvalue weighted by Gasteiger charge is -2.26. The highest BCUT2D eigenvalue weighted by Crippen LogP contribution is 2.38. The molecule has 0 aromatic heterocycles. The van der Waals surface area contributed by atoms with Crippen LogP contribution in [0.15, 0.2) is 47.4 Å². The zero-order valence-corrected chi connectivity index (χ0v) is 15.1. The first-order chi connectivity index (χ1) is 11.9. The van der Waals surface area contributed by atoms with Crippen molar-refractivity contribution >= 4 is 40.9 Å². The predicted octanol–water partition coefficient (Wildman–Crippen LogP) is 3.51. The minimum absolute atomic E-state index is 0.0860. The van der Waals surface area contributed by atoms with E-state index in [2.05, 4.69) is 5.32 Å². The SMILES string of the molecule is CN(Cc1ccccc1O)C(=O)CC1Sc2ccc(Cl)cc2NC1=O. The Hall–Kier alpha value is -2.18. The van der Waals surface area contributed by atoms with E-state index in [1.807, 2.05) is 6.07 Å². The average Bonchev–Trinajstić information content (AvgIpc) is 2.57. The summed E-state index contributed by atoms with van der Waals surface area (Å²) >= 11 is 7.30. The standard InChI is InChI=1S/C18H17ClN2O3S/c1-21(10-11-4-2-3-5-14(11)22)17(23)9-16-18(24)20-13-8-12(19)6-7-15(13)25-16/h2-8,16,22H,9-10H2,1H3,(H,20,24). The van der Waals surface area contributed by atoms with Crippen LogP contribution in [0.5, 0.6) is 5.75 Å². The van der Waals surface area contributed by atoms with Gasteiger partial charge < -0.3 is 15.3 Å². The van der Waals surface area contributed by atoms with E-state index < -0.39 is 5.25 Å². The number of benzene rings is 2. The van der Waals surface area contributed by atoms with Crippen LogP contribution in [-0.4, -0.2) is 34.1 Å². The molecule has 1 aliphatic rings. The molecule has 0 saturated carbocycles. The summed E-state index contributed by atoms with van der Waals surface area (Å²) in [5.74, 6) is -0.213. The van der Waals surface area contributed by atoms with Crippen molar-refractivity contribution in [1.82, 2.24) is 4.90 Å². The van der Waals surface area contributed by atoms with Gasteiger partial charge in [0.15, 0.2) is 0 Å². The highest BCUT2D eigenvalue weighted by atomic mass is 35.5. The van der Waals surface area contributed by atoms with Crippen molar-refractivity contribution < 1.29 is 14.7 Å². The molecule has 2 aromatic carbocycles. The summed E-state index contributed by atoms with van der Waals surface area (Å²) in [4.78, 5) is 27.1. The first-order valence-corrected chi connectivity index (χ1v) is 8.97. The molecule has 5 nitrogen and oxygen atoms in total. The number of thioether (sulfide) groups is 1. The number of halogens is 1. The zero-order chi connectivity index (χ0) is 18.0. The van der Waals surface area contributed by atoms with Gasteiger partial charge in [-0.15, -0.1) is 11.8 Å². The third-order valence-corrected chi connectivity index (χ3v) is 5.46. The van der Waals surface area contributed by atoms with E-state index in [4.69, 9.17) is 11.6 Å². The van der Waals surface area contributed by atoms with Crippen LogP contribution in [0.4, 0.5) is 5.69 Å². The number of anilines is 1. The van der Waals surface area contributed by atoms with Crippen LogP contribution in [-0.2, 0) is 16.1 Å². The van der Waals surface area contributed by atoms with Crippen LogP contribution in [0, 0.1) is 0 Å². The molecule has 0 aliphatic carbocycles. The Balaban J connectivity index is 1.65. The zero-order valence-electron chi connectivity index (χ0n) is 13.5. The lowest BCUT2D eigenvalue weighted by Crippen LogP contribution is -2.35. The largest absolute Gasteiger partial charge is 0.508 e. The maximum atomic E-state index is 12.5. The quantitative estimate of drug-likeness (QED) is 0.856. The average molecular weight is 377 g/mol. The number of para-hydroxylation sites is 1. The number of phenols is 1. The van der Waals surface area contributed by atoms with Crippen molar-refractivity contribution in [2.24, 2.45) is 0 Å². The number of nitrogens with one attached hydrogen (secondary N) is 1. The fourth-order valence-corrected chi connectivity index (χ4v) is 3.81. The Morgan fingerprint density at radius 1 is 1.32 bits per heavy atom. The van der Waals surface area contributed by atoms with Gasteiger partial charge in [0.2, 0.25) is 11.8 Å². The Kier molecular flexibility index (Phi) is 5.20. The number of hydrogen-bond acceptors (Lipinski definition) is 4. The Morgan fingerprint density at radius 2 is 2.08 bits per heavy atom. The highest BCUT2D eigenvalue weighted by molar-refractivity contribution is 8.01. The third-order valence-electron chi connectivity index (χ3n) is 3.95. The number of carbonyl (C=O) groups is 2. The van der Waals surface area contributed by atoms with E-state index in [9.17, 15) is 14.7 Å². The molecular weight excluding hydrogens is 360 g/mol. The lowest BCUT2D eigenvalue weighted by atomic mass is 10.1. The molecule has 0 bridgehead atoms. The van der Waals surface area contributed by atoms with Gasteiger partial charge in [0.25, 0.3) is 0 Å². The van der Waals surface area contributed by atoms with Gasteiger partial charge in [-0.2, -0.15) is 0 Å². The molecule has 0 saturated heterocycles. The maximum Gasteiger partial charge on any atom is 0.238 e. The van der Waals surface area contributed by atoms with Gasteiger partial charge in [0.1, 0.15) is 5.75 Å². The molecule has 2 N–H and O–H groups in total. The van der Waals surface area contributed by atoms with E-state index in [0.29, 0.717) is 16.3 Å². The van der Waals surface area contributed by atoms with Gasteiger partial charge in [-0.3, -0.25) is 9.59 Å². The molecule has 2 amide bonds. The first kappa shape index (κ1) is 17.6. The molecule has 7 heteroatoms. The van der Waals surface area contributed by atoms with Gasteiger partial charge in [-0.1, -0.05) is 29.8 Å². The molecule has 130 valence electrons. The van der Waals surface area contributed by atoms with Crippen molar-refractivity contribution in [2.45, 2.75) is 23.1 Å². The summed E-state index contributed by atoms with van der Waals surface area (Å²) in [6.07, 6.45) is 0.0860. The summed E-state index contributed by atoms with van der Waals surface area (Å²) in [7, 11) is 1.66. The fraction of sp³-hybridized carbons (Fsp3) is 0.222. The van der Waals surface area contributed by atoms with Crippen molar-refractivity contribution in [2.75, 3.05) is 12.4 Å². The number of nitrogens with zero attached hydrogens (tertiary/aromatic N) is 1. The summed E-state index contributed by atoms with van der Waals surface area (Å²) in [5.41, 5.74) is 1.34. The smallest absolute Gasteiger partial charge is 0.238 e. The number of rotatable bonds is 4. The second-order valence-electron chi connectivity index (χ2n) is 5.82. The van der Waals surface area contributed by atoms with Gasteiger partial charge in [-0.25, -0.2) is 0 Å². The minimum atomic E-state index is -0.493.